The van der Waals surface area contributed by atoms with E-state index in [9.17, 15) is 0 Å². The second-order valence-electron chi connectivity index (χ2n) is 4.20. The van der Waals surface area contributed by atoms with Gasteiger partial charge in [0.05, 0.1) is 23.0 Å². The summed E-state index contributed by atoms with van der Waals surface area (Å²) >= 11 is 0. The van der Waals surface area contributed by atoms with Gasteiger partial charge in [0.1, 0.15) is 0 Å². The van der Waals surface area contributed by atoms with Crippen molar-refractivity contribution in [3.63, 3.8) is 0 Å². The molecule has 0 aromatic carbocycles. The second kappa shape index (κ2) is 5.40. The van der Waals surface area contributed by atoms with Crippen LogP contribution in [0.5, 0.6) is 0 Å². The van der Waals surface area contributed by atoms with Gasteiger partial charge < -0.3 is 0 Å². The monoisotopic (exact) mass is 247 g/mol. The van der Waals surface area contributed by atoms with Gasteiger partial charge in [-0.2, -0.15) is 0 Å². The molecule has 0 spiro atoms. The predicted molar refractivity (Wildman–Crippen MR) is 73.7 cm³/mol. The van der Waals surface area contributed by atoms with Gasteiger partial charge >= 0.3 is 0 Å². The fourth-order valence-electron chi connectivity index (χ4n) is 2.09. The highest BCUT2D eigenvalue weighted by Gasteiger charge is 2.19. The van der Waals surface area contributed by atoms with Crippen LogP contribution in [0.4, 0.5) is 0 Å². The minimum Gasteiger partial charge on any atom is -0.260 e. The van der Waals surface area contributed by atoms with E-state index in [1.807, 2.05) is 54.6 Å². The van der Waals surface area contributed by atoms with E-state index in [-0.39, 0.29) is 5.92 Å². The first-order chi connectivity index (χ1) is 9.45. The summed E-state index contributed by atoms with van der Waals surface area (Å²) in [5.41, 5.74) is 2.87. The molecule has 0 bridgehead atoms. The summed E-state index contributed by atoms with van der Waals surface area (Å²) < 4.78 is 0. The van der Waals surface area contributed by atoms with Gasteiger partial charge in [0.2, 0.25) is 0 Å². The van der Waals surface area contributed by atoms with Gasteiger partial charge in [-0.1, -0.05) is 18.2 Å². The fraction of sp³-hybridized carbons (Fsp3) is 0.0625. The largest absolute Gasteiger partial charge is 0.260 e. The molecule has 19 heavy (non-hydrogen) atoms. The molecule has 0 atom stereocenters. The molecule has 92 valence electrons. The van der Waals surface area contributed by atoms with E-state index in [0.29, 0.717) is 0 Å². The van der Waals surface area contributed by atoms with Gasteiger partial charge in [-0.05, 0) is 36.4 Å². The molecule has 0 fully saturated rings. The number of hydrogen-bond acceptors (Lipinski definition) is 3. The quantitative estimate of drug-likeness (QED) is 0.714. The Kier molecular flexibility index (Phi) is 3.28. The minimum atomic E-state index is -0.0244. The zero-order valence-corrected chi connectivity index (χ0v) is 10.3. The highest BCUT2D eigenvalue weighted by molar-refractivity contribution is 5.33. The Balaban J connectivity index is 2.12. The van der Waals surface area contributed by atoms with Gasteiger partial charge in [0.25, 0.3) is 0 Å². The van der Waals surface area contributed by atoms with Crippen LogP contribution in [0.15, 0.2) is 73.2 Å². The maximum Gasteiger partial charge on any atom is 0.0857 e. The van der Waals surface area contributed by atoms with Crippen LogP contribution < -0.4 is 0 Å². The van der Waals surface area contributed by atoms with Crippen molar-refractivity contribution < 1.29 is 0 Å². The molecular weight excluding hydrogens is 234 g/mol. The summed E-state index contributed by atoms with van der Waals surface area (Å²) in [6.07, 6.45) is 5.40. The summed E-state index contributed by atoms with van der Waals surface area (Å²) in [6, 6.07) is 17.7. The molecule has 0 aliphatic heterocycles. The summed E-state index contributed by atoms with van der Waals surface area (Å²) in [4.78, 5) is 13.4. The van der Waals surface area contributed by atoms with Crippen LogP contribution in [0.3, 0.4) is 0 Å². The summed E-state index contributed by atoms with van der Waals surface area (Å²) in [6.45, 7) is 0. The Morgan fingerprint density at radius 3 is 1.16 bits per heavy atom. The molecule has 3 nitrogen and oxygen atoms in total. The topological polar surface area (TPSA) is 38.7 Å². The van der Waals surface area contributed by atoms with Crippen molar-refractivity contribution in [3.8, 4) is 0 Å². The van der Waals surface area contributed by atoms with E-state index in [1.165, 1.54) is 0 Å². The third kappa shape index (κ3) is 2.50. The lowest BCUT2D eigenvalue weighted by Gasteiger charge is -2.15. The molecule has 3 rings (SSSR count). The lowest BCUT2D eigenvalue weighted by molar-refractivity contribution is 0.840. The zero-order valence-electron chi connectivity index (χ0n) is 10.3. The standard InChI is InChI=1S/C16H13N3/c1-4-10-17-13(7-1)16(14-8-2-5-11-18-14)15-9-3-6-12-19-15/h1-12,16H. The van der Waals surface area contributed by atoms with Crippen molar-refractivity contribution in [1.82, 2.24) is 15.0 Å². The molecule has 0 amide bonds. The van der Waals surface area contributed by atoms with E-state index in [1.54, 1.807) is 18.6 Å². The normalized spacial score (nSPS) is 10.6. The van der Waals surface area contributed by atoms with Crippen molar-refractivity contribution >= 4 is 0 Å². The summed E-state index contributed by atoms with van der Waals surface area (Å²) in [7, 11) is 0. The fourth-order valence-corrected chi connectivity index (χ4v) is 2.09. The Morgan fingerprint density at radius 2 is 0.895 bits per heavy atom. The Bertz CT molecular complexity index is 530. The Morgan fingerprint density at radius 1 is 0.526 bits per heavy atom. The molecule has 0 saturated carbocycles. The SMILES string of the molecule is c1ccc(C(c2ccccn2)c2ccccn2)nc1. The van der Waals surface area contributed by atoms with E-state index in [0.717, 1.165) is 17.1 Å². The lowest BCUT2D eigenvalue weighted by Crippen LogP contribution is -2.08. The lowest BCUT2D eigenvalue weighted by atomic mass is 9.95. The molecule has 0 N–H and O–H groups in total. The van der Waals surface area contributed by atoms with E-state index < -0.39 is 0 Å². The van der Waals surface area contributed by atoms with Gasteiger partial charge in [-0.15, -0.1) is 0 Å². The molecule has 0 radical (unpaired) electrons. The van der Waals surface area contributed by atoms with Crippen LogP contribution in [0.1, 0.15) is 23.0 Å². The van der Waals surface area contributed by atoms with E-state index >= 15 is 0 Å². The first kappa shape index (κ1) is 11.5. The number of hydrogen-bond donors (Lipinski definition) is 0. The highest BCUT2D eigenvalue weighted by atomic mass is 14.8. The maximum atomic E-state index is 4.45. The third-order valence-corrected chi connectivity index (χ3v) is 2.95. The van der Waals surface area contributed by atoms with Crippen LogP contribution in [0.25, 0.3) is 0 Å². The molecule has 0 aliphatic carbocycles. The summed E-state index contributed by atoms with van der Waals surface area (Å²) in [5, 5.41) is 0. The Labute approximate surface area is 112 Å². The summed E-state index contributed by atoms with van der Waals surface area (Å²) in [5.74, 6) is -0.0244. The van der Waals surface area contributed by atoms with Crippen molar-refractivity contribution in [2.45, 2.75) is 5.92 Å². The molecule has 0 saturated heterocycles. The minimum absolute atomic E-state index is 0.0244. The number of aromatic nitrogens is 3. The molecule has 0 aliphatic rings. The smallest absolute Gasteiger partial charge is 0.0857 e. The third-order valence-electron chi connectivity index (χ3n) is 2.95. The molecule has 0 unspecified atom stereocenters. The zero-order chi connectivity index (χ0) is 12.9. The van der Waals surface area contributed by atoms with Crippen molar-refractivity contribution in [3.05, 3.63) is 90.3 Å². The van der Waals surface area contributed by atoms with Crippen LogP contribution >= 0.6 is 0 Å². The Hall–Kier alpha value is -2.55. The van der Waals surface area contributed by atoms with Gasteiger partial charge in [-0.25, -0.2) is 0 Å². The number of nitrogens with zero attached hydrogens (tertiary/aromatic N) is 3. The van der Waals surface area contributed by atoms with Crippen molar-refractivity contribution in [1.29, 1.82) is 0 Å². The van der Waals surface area contributed by atoms with Crippen molar-refractivity contribution in [2.24, 2.45) is 0 Å². The average Bonchev–Trinajstić information content (AvgIpc) is 2.51. The van der Waals surface area contributed by atoms with Crippen LogP contribution in [0.2, 0.25) is 0 Å². The van der Waals surface area contributed by atoms with Crippen LogP contribution in [-0.2, 0) is 0 Å². The highest BCUT2D eigenvalue weighted by Crippen LogP contribution is 2.27. The van der Waals surface area contributed by atoms with Gasteiger partial charge in [-0.3, -0.25) is 15.0 Å². The predicted octanol–water partition coefficient (Wildman–Crippen LogP) is 3.05. The molecule has 3 aromatic heterocycles. The first-order valence-corrected chi connectivity index (χ1v) is 6.18. The molecule has 3 heterocycles. The molecule has 3 aromatic rings. The number of rotatable bonds is 3. The average molecular weight is 247 g/mol. The molecular formula is C16H13N3. The van der Waals surface area contributed by atoms with Crippen LogP contribution in [-0.4, -0.2) is 15.0 Å². The van der Waals surface area contributed by atoms with E-state index in [4.69, 9.17) is 0 Å². The van der Waals surface area contributed by atoms with Crippen molar-refractivity contribution in [2.75, 3.05) is 0 Å². The van der Waals surface area contributed by atoms with E-state index in [2.05, 4.69) is 15.0 Å². The maximum absolute atomic E-state index is 4.45. The second-order valence-corrected chi connectivity index (χ2v) is 4.20. The number of pyridine rings is 3. The van der Waals surface area contributed by atoms with Gasteiger partial charge in [0, 0.05) is 18.6 Å². The molecule has 3 heteroatoms. The van der Waals surface area contributed by atoms with Gasteiger partial charge in [0.15, 0.2) is 0 Å². The van der Waals surface area contributed by atoms with Crippen LogP contribution in [0, 0.1) is 0 Å². The first-order valence-electron chi connectivity index (χ1n) is 6.18.